The van der Waals surface area contributed by atoms with Crippen molar-refractivity contribution >= 4 is 6.09 Å². The molecule has 0 radical (unpaired) electrons. The molecule has 2 unspecified atom stereocenters. The van der Waals surface area contributed by atoms with Crippen LogP contribution in [0.4, 0.5) is 4.79 Å². The van der Waals surface area contributed by atoms with Gasteiger partial charge in [-0.3, -0.25) is 0 Å². The summed E-state index contributed by atoms with van der Waals surface area (Å²) in [6.07, 6.45) is -0.968. The fourth-order valence-corrected chi connectivity index (χ4v) is 1.71. The van der Waals surface area contributed by atoms with Crippen LogP contribution in [-0.4, -0.2) is 45.4 Å². The first-order valence-corrected chi connectivity index (χ1v) is 4.61. The Morgan fingerprint density at radius 1 is 1.67 bits per heavy atom. The first-order chi connectivity index (χ1) is 7.08. The molecule has 15 heavy (non-hydrogen) atoms. The summed E-state index contributed by atoms with van der Waals surface area (Å²) < 4.78 is 4.99. The minimum atomic E-state index is -0.968. The highest BCUT2D eigenvalue weighted by Crippen LogP contribution is 2.24. The van der Waals surface area contributed by atoms with E-state index in [2.05, 4.69) is 10.1 Å². The van der Waals surface area contributed by atoms with Gasteiger partial charge in [-0.2, -0.15) is 4.98 Å². The second-order valence-corrected chi connectivity index (χ2v) is 3.64. The second kappa shape index (κ2) is 3.50. The van der Waals surface area contributed by atoms with E-state index in [1.165, 1.54) is 4.90 Å². The highest BCUT2D eigenvalue weighted by Gasteiger charge is 2.37. The van der Waals surface area contributed by atoms with Gasteiger partial charge in [0.25, 0.3) is 0 Å². The van der Waals surface area contributed by atoms with Gasteiger partial charge in [0.1, 0.15) is 0 Å². The van der Waals surface area contributed by atoms with Gasteiger partial charge in [0.2, 0.25) is 5.89 Å². The van der Waals surface area contributed by atoms with Crippen LogP contribution in [-0.2, 0) is 0 Å². The lowest BCUT2D eigenvalue weighted by atomic mass is 10.1. The fraction of sp³-hybridized carbons (Fsp3) is 0.625. The predicted molar refractivity (Wildman–Crippen MR) is 49.3 cm³/mol. The Kier molecular flexibility index (Phi) is 2.31. The molecule has 1 amide bonds. The number of nitrogens with two attached hydrogens (primary N) is 1. The van der Waals surface area contributed by atoms with Gasteiger partial charge in [0.05, 0.1) is 5.92 Å². The predicted octanol–water partition coefficient (Wildman–Crippen LogP) is -0.217. The third-order valence-electron chi connectivity index (χ3n) is 2.50. The van der Waals surface area contributed by atoms with Crippen molar-refractivity contribution in [2.24, 2.45) is 5.73 Å². The Morgan fingerprint density at radius 2 is 2.40 bits per heavy atom. The molecule has 2 heterocycles. The van der Waals surface area contributed by atoms with Gasteiger partial charge >= 0.3 is 6.09 Å². The van der Waals surface area contributed by atoms with E-state index in [0.29, 0.717) is 24.8 Å². The maximum Gasteiger partial charge on any atom is 0.407 e. The zero-order valence-electron chi connectivity index (χ0n) is 8.25. The van der Waals surface area contributed by atoms with Crippen LogP contribution in [0.1, 0.15) is 17.6 Å². The summed E-state index contributed by atoms with van der Waals surface area (Å²) in [6.45, 7) is 2.34. The van der Waals surface area contributed by atoms with E-state index < -0.39 is 6.09 Å². The van der Waals surface area contributed by atoms with Crippen molar-refractivity contribution < 1.29 is 14.4 Å². The van der Waals surface area contributed by atoms with Crippen molar-refractivity contribution in [1.82, 2.24) is 15.0 Å². The molecular formula is C8H12N4O3. The molecule has 0 saturated carbocycles. The molecule has 2 atom stereocenters. The molecule has 1 aliphatic heterocycles. The van der Waals surface area contributed by atoms with Crippen molar-refractivity contribution in [2.45, 2.75) is 18.9 Å². The van der Waals surface area contributed by atoms with Crippen LogP contribution in [0.3, 0.4) is 0 Å². The number of hydrogen-bond acceptors (Lipinski definition) is 5. The fourth-order valence-electron chi connectivity index (χ4n) is 1.71. The van der Waals surface area contributed by atoms with Crippen molar-refractivity contribution in [3.63, 3.8) is 0 Å². The molecule has 0 bridgehead atoms. The number of carbonyl (C=O) groups is 1. The summed E-state index contributed by atoms with van der Waals surface area (Å²) >= 11 is 0. The van der Waals surface area contributed by atoms with Crippen molar-refractivity contribution in [2.75, 3.05) is 13.1 Å². The second-order valence-electron chi connectivity index (χ2n) is 3.64. The van der Waals surface area contributed by atoms with Crippen molar-refractivity contribution in [3.8, 4) is 0 Å². The Morgan fingerprint density at radius 3 is 2.87 bits per heavy atom. The number of likely N-dealkylation sites (tertiary alicyclic amines) is 1. The number of rotatable bonds is 1. The Hall–Kier alpha value is -1.63. The normalized spacial score (nSPS) is 25.9. The van der Waals surface area contributed by atoms with E-state index in [1.807, 2.05) is 0 Å². The number of aryl methyl sites for hydroxylation is 1. The van der Waals surface area contributed by atoms with Crippen LogP contribution in [0.25, 0.3) is 0 Å². The minimum Gasteiger partial charge on any atom is -0.465 e. The van der Waals surface area contributed by atoms with Gasteiger partial charge in [-0.05, 0) is 6.92 Å². The lowest BCUT2D eigenvalue weighted by Crippen LogP contribution is -2.31. The average Bonchev–Trinajstić information content (AvgIpc) is 2.71. The number of hydrogen-bond donors (Lipinski definition) is 2. The van der Waals surface area contributed by atoms with Crippen LogP contribution in [0.5, 0.6) is 0 Å². The monoisotopic (exact) mass is 212 g/mol. The maximum atomic E-state index is 10.7. The smallest absolute Gasteiger partial charge is 0.407 e. The maximum absolute atomic E-state index is 10.7. The minimum absolute atomic E-state index is 0.192. The third kappa shape index (κ3) is 1.78. The summed E-state index contributed by atoms with van der Waals surface area (Å²) in [5.41, 5.74) is 5.82. The summed E-state index contributed by atoms with van der Waals surface area (Å²) in [4.78, 5) is 16.1. The van der Waals surface area contributed by atoms with E-state index in [-0.39, 0.29) is 12.0 Å². The topological polar surface area (TPSA) is 105 Å². The summed E-state index contributed by atoms with van der Waals surface area (Å²) in [5.74, 6) is 0.761. The molecule has 0 aromatic carbocycles. The quantitative estimate of drug-likeness (QED) is 0.666. The molecule has 1 aromatic rings. The van der Waals surface area contributed by atoms with Gasteiger partial charge < -0.3 is 20.3 Å². The SMILES string of the molecule is Cc1noc(C2CN(C(=O)O)CC2N)n1. The van der Waals surface area contributed by atoms with Crippen LogP contribution < -0.4 is 5.73 Å². The van der Waals surface area contributed by atoms with E-state index in [9.17, 15) is 4.79 Å². The summed E-state index contributed by atoms with van der Waals surface area (Å²) in [7, 11) is 0. The molecule has 1 aliphatic rings. The van der Waals surface area contributed by atoms with Crippen molar-refractivity contribution in [3.05, 3.63) is 11.7 Å². The van der Waals surface area contributed by atoms with Gasteiger partial charge in [0.15, 0.2) is 5.82 Å². The molecule has 3 N–H and O–H groups in total. The number of aromatic nitrogens is 2. The summed E-state index contributed by atoms with van der Waals surface area (Å²) in [5, 5.41) is 12.5. The Bertz CT molecular complexity index is 378. The highest BCUT2D eigenvalue weighted by molar-refractivity contribution is 5.65. The molecular weight excluding hydrogens is 200 g/mol. The molecule has 1 fully saturated rings. The van der Waals surface area contributed by atoms with Crippen molar-refractivity contribution in [1.29, 1.82) is 0 Å². The van der Waals surface area contributed by atoms with Crippen LogP contribution in [0.2, 0.25) is 0 Å². The first-order valence-electron chi connectivity index (χ1n) is 4.61. The largest absolute Gasteiger partial charge is 0.465 e. The zero-order chi connectivity index (χ0) is 11.0. The van der Waals surface area contributed by atoms with Crippen LogP contribution in [0.15, 0.2) is 4.52 Å². The third-order valence-corrected chi connectivity index (χ3v) is 2.50. The lowest BCUT2D eigenvalue weighted by molar-refractivity contribution is 0.154. The van der Waals surface area contributed by atoms with Gasteiger partial charge in [0, 0.05) is 19.1 Å². The Labute approximate surface area is 85.9 Å². The summed E-state index contributed by atoms with van der Waals surface area (Å²) in [6, 6.07) is -0.277. The molecule has 0 spiro atoms. The van der Waals surface area contributed by atoms with E-state index in [1.54, 1.807) is 6.92 Å². The Balaban J connectivity index is 2.15. The first kappa shape index (κ1) is 9.91. The van der Waals surface area contributed by atoms with Crippen LogP contribution in [0, 0.1) is 6.92 Å². The molecule has 1 aromatic heterocycles. The van der Waals surface area contributed by atoms with Gasteiger partial charge in [-0.1, -0.05) is 5.16 Å². The van der Waals surface area contributed by atoms with Crippen LogP contribution >= 0.6 is 0 Å². The molecule has 0 aliphatic carbocycles. The van der Waals surface area contributed by atoms with Gasteiger partial charge in [-0.15, -0.1) is 0 Å². The standard InChI is InChI=1S/C8H12N4O3/c1-4-10-7(15-11-4)5-2-12(8(13)14)3-6(5)9/h5-6H,2-3,9H2,1H3,(H,13,14). The molecule has 82 valence electrons. The average molecular weight is 212 g/mol. The number of nitrogens with zero attached hydrogens (tertiary/aromatic N) is 3. The highest BCUT2D eigenvalue weighted by atomic mass is 16.5. The lowest BCUT2D eigenvalue weighted by Gasteiger charge is -2.09. The van der Waals surface area contributed by atoms with E-state index >= 15 is 0 Å². The molecule has 1 saturated heterocycles. The van der Waals surface area contributed by atoms with E-state index in [4.69, 9.17) is 15.4 Å². The number of carboxylic acid groups (broad SMARTS) is 1. The molecule has 7 heteroatoms. The molecule has 2 rings (SSSR count). The van der Waals surface area contributed by atoms with Gasteiger partial charge in [-0.25, -0.2) is 4.79 Å². The zero-order valence-corrected chi connectivity index (χ0v) is 8.25. The van der Waals surface area contributed by atoms with E-state index in [0.717, 1.165) is 0 Å². The number of amides is 1. The molecule has 7 nitrogen and oxygen atoms in total.